The zero-order valence-corrected chi connectivity index (χ0v) is 18.8. The Bertz CT molecular complexity index is 1050. The molecular formula is C22H24N4O3S2. The molecule has 0 aliphatic carbocycles. The van der Waals surface area contributed by atoms with E-state index in [2.05, 4.69) is 15.3 Å². The number of nitrogens with zero attached hydrogens (tertiary/aromatic N) is 2. The average Bonchev–Trinajstić information content (AvgIpc) is 3.41. The summed E-state index contributed by atoms with van der Waals surface area (Å²) in [6.07, 6.45) is 4.92. The first-order chi connectivity index (χ1) is 14.9. The Morgan fingerprint density at radius 1 is 1.13 bits per heavy atom. The number of anilines is 1. The van der Waals surface area contributed by atoms with E-state index in [4.69, 9.17) is 5.73 Å². The SMILES string of the molecule is CC(=O)CCCCC[C@@H](C(=O)Nc1nc(-c2ccccc2)cs1)c1ncc(C(N)=O)s1. The van der Waals surface area contributed by atoms with Gasteiger partial charge in [-0.1, -0.05) is 43.2 Å². The molecule has 9 heteroatoms. The fourth-order valence-electron chi connectivity index (χ4n) is 3.09. The van der Waals surface area contributed by atoms with E-state index in [9.17, 15) is 14.4 Å². The first-order valence-corrected chi connectivity index (χ1v) is 11.7. The predicted octanol–water partition coefficient (Wildman–Crippen LogP) is 4.63. The van der Waals surface area contributed by atoms with Crippen molar-refractivity contribution in [2.24, 2.45) is 5.73 Å². The minimum atomic E-state index is -0.559. The first kappa shape index (κ1) is 22.8. The minimum Gasteiger partial charge on any atom is -0.365 e. The molecule has 31 heavy (non-hydrogen) atoms. The maximum absolute atomic E-state index is 13.1. The third-order valence-electron chi connectivity index (χ3n) is 4.71. The topological polar surface area (TPSA) is 115 Å². The normalized spacial score (nSPS) is 11.8. The van der Waals surface area contributed by atoms with E-state index in [1.807, 2.05) is 35.7 Å². The second-order valence-electron chi connectivity index (χ2n) is 7.17. The molecule has 3 aromatic rings. The van der Waals surface area contributed by atoms with E-state index < -0.39 is 11.8 Å². The molecule has 0 bridgehead atoms. The summed E-state index contributed by atoms with van der Waals surface area (Å²) in [5, 5.41) is 5.86. The Hall–Kier alpha value is -2.91. The molecule has 0 aliphatic rings. The summed E-state index contributed by atoms with van der Waals surface area (Å²) in [4.78, 5) is 44.7. The van der Waals surface area contributed by atoms with Crippen molar-refractivity contribution in [3.63, 3.8) is 0 Å². The Morgan fingerprint density at radius 3 is 2.58 bits per heavy atom. The van der Waals surface area contributed by atoms with Crippen molar-refractivity contribution >= 4 is 45.4 Å². The maximum atomic E-state index is 13.1. The molecule has 3 N–H and O–H groups in total. The molecule has 0 fully saturated rings. The number of carbonyl (C=O) groups is 3. The van der Waals surface area contributed by atoms with Crippen LogP contribution in [0.3, 0.4) is 0 Å². The van der Waals surface area contributed by atoms with Gasteiger partial charge in [-0.25, -0.2) is 9.97 Å². The zero-order chi connectivity index (χ0) is 22.2. The molecule has 0 saturated heterocycles. The van der Waals surface area contributed by atoms with Gasteiger partial charge in [0.25, 0.3) is 5.91 Å². The number of hydrogen-bond donors (Lipinski definition) is 2. The number of thiazole rings is 2. The predicted molar refractivity (Wildman–Crippen MR) is 123 cm³/mol. The van der Waals surface area contributed by atoms with Crippen LogP contribution in [0, 0.1) is 0 Å². The van der Waals surface area contributed by atoms with Crippen LogP contribution in [0.4, 0.5) is 5.13 Å². The lowest BCUT2D eigenvalue weighted by molar-refractivity contribution is -0.118. The van der Waals surface area contributed by atoms with Crippen molar-refractivity contribution in [2.75, 3.05) is 5.32 Å². The number of nitrogens with one attached hydrogen (secondary N) is 1. The maximum Gasteiger partial charge on any atom is 0.260 e. The Balaban J connectivity index is 1.69. The molecule has 1 aromatic carbocycles. The van der Waals surface area contributed by atoms with Crippen molar-refractivity contribution in [1.82, 2.24) is 9.97 Å². The summed E-state index contributed by atoms with van der Waals surface area (Å²) in [6, 6.07) is 9.74. The van der Waals surface area contributed by atoms with E-state index in [1.165, 1.54) is 17.5 Å². The minimum absolute atomic E-state index is 0.165. The van der Waals surface area contributed by atoms with Crippen LogP contribution in [0.5, 0.6) is 0 Å². The summed E-state index contributed by atoms with van der Waals surface area (Å²) < 4.78 is 0. The molecule has 162 valence electrons. The molecule has 2 aromatic heterocycles. The highest BCUT2D eigenvalue weighted by Gasteiger charge is 2.25. The Labute approximate surface area is 188 Å². The number of amides is 2. The number of aromatic nitrogens is 2. The van der Waals surface area contributed by atoms with E-state index in [1.54, 1.807) is 6.92 Å². The molecule has 0 aliphatic heterocycles. The van der Waals surface area contributed by atoms with Crippen LogP contribution in [0.2, 0.25) is 0 Å². The summed E-state index contributed by atoms with van der Waals surface area (Å²) in [5.41, 5.74) is 7.12. The third-order valence-corrected chi connectivity index (χ3v) is 6.59. The summed E-state index contributed by atoms with van der Waals surface area (Å²) >= 11 is 2.50. The van der Waals surface area contributed by atoms with Crippen LogP contribution in [0.1, 0.15) is 59.6 Å². The van der Waals surface area contributed by atoms with Gasteiger partial charge in [0.1, 0.15) is 15.7 Å². The lowest BCUT2D eigenvalue weighted by Gasteiger charge is -2.13. The number of hydrogen-bond acceptors (Lipinski definition) is 7. The smallest absolute Gasteiger partial charge is 0.260 e. The van der Waals surface area contributed by atoms with Gasteiger partial charge in [-0.15, -0.1) is 22.7 Å². The highest BCUT2D eigenvalue weighted by atomic mass is 32.1. The van der Waals surface area contributed by atoms with Gasteiger partial charge in [-0.3, -0.25) is 9.59 Å². The number of nitrogens with two attached hydrogens (primary N) is 1. The van der Waals surface area contributed by atoms with Gasteiger partial charge >= 0.3 is 0 Å². The van der Waals surface area contributed by atoms with Gasteiger partial charge in [0.2, 0.25) is 5.91 Å². The van der Waals surface area contributed by atoms with Crippen LogP contribution in [-0.2, 0) is 9.59 Å². The second-order valence-corrected chi connectivity index (χ2v) is 9.09. The largest absolute Gasteiger partial charge is 0.365 e. The van der Waals surface area contributed by atoms with Crippen molar-refractivity contribution in [3.05, 3.63) is 51.8 Å². The van der Waals surface area contributed by atoms with Crippen LogP contribution in [0.25, 0.3) is 11.3 Å². The average molecular weight is 457 g/mol. The number of Topliss-reactive ketones (excluding diaryl/α,β-unsaturated/α-hetero) is 1. The Kier molecular flexibility index (Phi) is 8.02. The number of ketones is 1. The van der Waals surface area contributed by atoms with E-state index in [0.717, 1.165) is 41.9 Å². The molecule has 3 rings (SSSR count). The van der Waals surface area contributed by atoms with E-state index in [0.29, 0.717) is 27.9 Å². The van der Waals surface area contributed by atoms with Crippen LogP contribution >= 0.6 is 22.7 Å². The Morgan fingerprint density at radius 2 is 1.90 bits per heavy atom. The summed E-state index contributed by atoms with van der Waals surface area (Å²) in [6.45, 7) is 1.58. The van der Waals surface area contributed by atoms with Crippen molar-refractivity contribution < 1.29 is 14.4 Å². The molecule has 0 radical (unpaired) electrons. The fraction of sp³-hybridized carbons (Fsp3) is 0.318. The van der Waals surface area contributed by atoms with E-state index in [-0.39, 0.29) is 11.7 Å². The molecule has 1 atom stereocenters. The van der Waals surface area contributed by atoms with Gasteiger partial charge in [0.15, 0.2) is 5.13 Å². The van der Waals surface area contributed by atoms with Gasteiger partial charge < -0.3 is 15.8 Å². The van der Waals surface area contributed by atoms with Gasteiger partial charge in [-0.2, -0.15) is 0 Å². The second kappa shape index (κ2) is 10.9. The van der Waals surface area contributed by atoms with Crippen molar-refractivity contribution in [1.29, 1.82) is 0 Å². The number of benzene rings is 1. The molecule has 2 amide bonds. The summed E-state index contributed by atoms with van der Waals surface area (Å²) in [7, 11) is 0. The fourth-order valence-corrected chi connectivity index (χ4v) is 4.72. The number of primary amides is 1. The van der Waals surface area contributed by atoms with Crippen molar-refractivity contribution in [2.45, 2.75) is 44.9 Å². The molecule has 0 spiro atoms. The molecular weight excluding hydrogens is 432 g/mol. The summed E-state index contributed by atoms with van der Waals surface area (Å²) in [5.74, 6) is -1.12. The molecule has 2 heterocycles. The van der Waals surface area contributed by atoms with Gasteiger partial charge in [0, 0.05) is 17.4 Å². The van der Waals surface area contributed by atoms with Crippen LogP contribution < -0.4 is 11.1 Å². The highest BCUT2D eigenvalue weighted by molar-refractivity contribution is 7.14. The molecule has 0 unspecified atom stereocenters. The zero-order valence-electron chi connectivity index (χ0n) is 17.2. The first-order valence-electron chi connectivity index (χ1n) is 10.0. The van der Waals surface area contributed by atoms with Crippen molar-refractivity contribution in [3.8, 4) is 11.3 Å². The highest BCUT2D eigenvalue weighted by Crippen LogP contribution is 2.30. The number of rotatable bonds is 11. The molecule has 0 saturated carbocycles. The van der Waals surface area contributed by atoms with E-state index >= 15 is 0 Å². The molecule has 7 nitrogen and oxygen atoms in total. The van der Waals surface area contributed by atoms with Crippen LogP contribution in [0.15, 0.2) is 41.9 Å². The third kappa shape index (κ3) is 6.53. The van der Waals surface area contributed by atoms with Gasteiger partial charge in [0.05, 0.1) is 17.8 Å². The number of carbonyl (C=O) groups excluding carboxylic acids is 3. The number of unbranched alkanes of at least 4 members (excludes halogenated alkanes) is 2. The lowest BCUT2D eigenvalue weighted by atomic mass is 10.00. The standard InChI is InChI=1S/C22H24N4O3S2/c1-14(27)8-4-2-7-11-16(21-24-12-18(31-21)19(23)28)20(29)26-22-25-17(13-30-22)15-9-5-3-6-10-15/h3,5-6,9-10,12-13,16H,2,4,7-8,11H2,1H3,(H2,23,28)(H,25,26,29)/t16-/m0/s1. The quantitative estimate of drug-likeness (QED) is 0.408. The van der Waals surface area contributed by atoms with Gasteiger partial charge in [-0.05, 0) is 19.8 Å². The van der Waals surface area contributed by atoms with Crippen LogP contribution in [-0.4, -0.2) is 27.6 Å². The lowest BCUT2D eigenvalue weighted by Crippen LogP contribution is -2.21. The monoisotopic (exact) mass is 456 g/mol.